The minimum atomic E-state index is -3.24. The Hall–Kier alpha value is -3.34. The van der Waals surface area contributed by atoms with Crippen LogP contribution in [0.25, 0.3) is 6.08 Å². The molecule has 2 aromatic rings. The van der Waals surface area contributed by atoms with Crippen molar-refractivity contribution in [3.63, 3.8) is 0 Å². The van der Waals surface area contributed by atoms with E-state index in [0.717, 1.165) is 29.8 Å². The molecule has 27 heavy (non-hydrogen) atoms. The van der Waals surface area contributed by atoms with E-state index in [9.17, 15) is 27.6 Å². The topological polar surface area (TPSA) is 59.3 Å². The Kier molecular flexibility index (Phi) is 6.55. The predicted molar refractivity (Wildman–Crippen MR) is 88.8 cm³/mol. The molecule has 0 heterocycles. The third kappa shape index (κ3) is 5.57. The minimum absolute atomic E-state index is 0.0607. The number of benzene rings is 2. The number of rotatable bonds is 7. The second kappa shape index (κ2) is 8.85. The quantitative estimate of drug-likeness (QED) is 0.294. The Morgan fingerprint density at radius 3 is 2.37 bits per heavy atom. The molecule has 0 aliphatic carbocycles. The molecule has 0 radical (unpaired) electrons. The van der Waals surface area contributed by atoms with Crippen molar-refractivity contribution in [2.75, 3.05) is 0 Å². The van der Waals surface area contributed by atoms with E-state index in [-0.39, 0.29) is 16.7 Å². The van der Waals surface area contributed by atoms with E-state index in [1.165, 1.54) is 6.07 Å². The molecule has 0 unspecified atom stereocenters. The molecule has 140 valence electrons. The molecule has 0 saturated carbocycles. The number of hydrogen-bond donors (Lipinski definition) is 0. The zero-order valence-corrected chi connectivity index (χ0v) is 14.0. The summed E-state index contributed by atoms with van der Waals surface area (Å²) in [7, 11) is 0. The first kappa shape index (κ1) is 20.0. The Balaban J connectivity index is 2.44. The van der Waals surface area contributed by atoms with Crippen molar-refractivity contribution in [2.45, 2.75) is 20.1 Å². The van der Waals surface area contributed by atoms with Crippen molar-refractivity contribution in [1.29, 1.82) is 5.26 Å². The van der Waals surface area contributed by atoms with E-state index >= 15 is 0 Å². The fourth-order valence-corrected chi connectivity index (χ4v) is 2.25. The third-order valence-corrected chi connectivity index (χ3v) is 3.37. The molecule has 0 atom stereocenters. The fraction of sp³-hybridized carbons (Fsp3) is 0.158. The van der Waals surface area contributed by atoms with E-state index in [1.54, 1.807) is 31.2 Å². The van der Waals surface area contributed by atoms with Crippen LogP contribution in [0.3, 0.4) is 0 Å². The molecule has 0 bridgehead atoms. The average Bonchev–Trinajstić information content (AvgIpc) is 2.59. The molecule has 0 spiro atoms. The van der Waals surface area contributed by atoms with Crippen molar-refractivity contribution in [3.05, 3.63) is 64.7 Å². The number of allylic oxidation sites excluding steroid dienone is 1. The Labute approximate surface area is 152 Å². The van der Waals surface area contributed by atoms with Crippen LogP contribution < -0.4 is 9.47 Å². The minimum Gasteiger partial charge on any atom is -0.435 e. The number of aryl methyl sites for hydroxylation is 1. The van der Waals surface area contributed by atoms with Crippen LogP contribution in [-0.4, -0.2) is 19.0 Å². The van der Waals surface area contributed by atoms with Gasteiger partial charge in [0.25, 0.3) is 0 Å². The fourth-order valence-electron chi connectivity index (χ4n) is 2.25. The van der Waals surface area contributed by atoms with Crippen molar-refractivity contribution >= 4 is 11.9 Å². The Morgan fingerprint density at radius 2 is 1.78 bits per heavy atom. The maximum Gasteiger partial charge on any atom is 0.387 e. The van der Waals surface area contributed by atoms with E-state index in [2.05, 4.69) is 9.47 Å². The second-order valence-corrected chi connectivity index (χ2v) is 5.33. The van der Waals surface area contributed by atoms with Crippen molar-refractivity contribution < 1.29 is 31.8 Å². The first-order valence-corrected chi connectivity index (χ1v) is 7.57. The van der Waals surface area contributed by atoms with Crippen LogP contribution in [0.5, 0.6) is 11.5 Å². The number of carbonyl (C=O) groups excluding carboxylic acids is 1. The van der Waals surface area contributed by atoms with Gasteiger partial charge < -0.3 is 9.47 Å². The third-order valence-electron chi connectivity index (χ3n) is 3.37. The van der Waals surface area contributed by atoms with Crippen LogP contribution in [0.1, 0.15) is 21.5 Å². The lowest BCUT2D eigenvalue weighted by atomic mass is 10.00. The summed E-state index contributed by atoms with van der Waals surface area (Å²) >= 11 is 0. The first-order chi connectivity index (χ1) is 12.8. The number of ether oxygens (including phenoxy) is 2. The van der Waals surface area contributed by atoms with Crippen LogP contribution in [0.15, 0.2) is 48.0 Å². The van der Waals surface area contributed by atoms with E-state index in [1.807, 2.05) is 0 Å². The molecular formula is C19H13F4NO3. The predicted octanol–water partition coefficient (Wildman–Crippen LogP) is 4.99. The highest BCUT2D eigenvalue weighted by Gasteiger charge is 2.16. The number of nitrogens with zero attached hydrogens (tertiary/aromatic N) is 1. The Bertz CT molecular complexity index is 904. The molecule has 0 saturated heterocycles. The molecule has 0 aliphatic heterocycles. The van der Waals surface area contributed by atoms with Crippen molar-refractivity contribution in [1.82, 2.24) is 0 Å². The van der Waals surface area contributed by atoms with Gasteiger partial charge in [-0.15, -0.1) is 0 Å². The van der Waals surface area contributed by atoms with E-state index < -0.39 is 30.5 Å². The highest BCUT2D eigenvalue weighted by molar-refractivity contribution is 6.14. The summed E-state index contributed by atoms with van der Waals surface area (Å²) in [5, 5.41) is 9.28. The summed E-state index contributed by atoms with van der Waals surface area (Å²) in [5.41, 5.74) is 0.654. The first-order valence-electron chi connectivity index (χ1n) is 7.57. The number of nitriles is 1. The SMILES string of the molecule is Cc1cccc(C(=O)/C(C#N)=C/c2ccc(OC(F)F)cc2OC(F)F)c1. The number of ketones is 1. The smallest absolute Gasteiger partial charge is 0.387 e. The maximum atomic E-state index is 12.6. The lowest BCUT2D eigenvalue weighted by Crippen LogP contribution is -2.06. The monoisotopic (exact) mass is 379 g/mol. The van der Waals surface area contributed by atoms with Gasteiger partial charge in [-0.3, -0.25) is 4.79 Å². The molecule has 8 heteroatoms. The molecule has 2 aromatic carbocycles. The summed E-state index contributed by atoms with van der Waals surface area (Å²) < 4.78 is 58.3. The largest absolute Gasteiger partial charge is 0.435 e. The summed E-state index contributed by atoms with van der Waals surface area (Å²) in [4.78, 5) is 12.5. The summed E-state index contributed by atoms with van der Waals surface area (Å²) in [5.74, 6) is -1.52. The summed E-state index contributed by atoms with van der Waals surface area (Å²) in [6, 6.07) is 11.3. The van der Waals surface area contributed by atoms with Gasteiger partial charge in [-0.1, -0.05) is 23.8 Å². The van der Waals surface area contributed by atoms with Gasteiger partial charge in [-0.05, 0) is 31.2 Å². The normalized spacial score (nSPS) is 11.4. The number of Topliss-reactive ketones (excluding diaryl/α,β-unsaturated/α-hetero) is 1. The van der Waals surface area contributed by atoms with Gasteiger partial charge in [0, 0.05) is 17.2 Å². The van der Waals surface area contributed by atoms with Crippen LogP contribution in [0.2, 0.25) is 0 Å². The average molecular weight is 379 g/mol. The Morgan fingerprint density at radius 1 is 1.07 bits per heavy atom. The van der Waals surface area contributed by atoms with Gasteiger partial charge >= 0.3 is 13.2 Å². The molecule has 0 amide bonds. The standard InChI is InChI=1S/C19H13F4NO3/c1-11-3-2-4-13(7-11)17(25)14(10-24)8-12-5-6-15(26-18(20)21)9-16(12)27-19(22)23/h2-9,18-19H,1H3/b14-8+. The molecule has 0 aliphatic rings. The highest BCUT2D eigenvalue weighted by Crippen LogP contribution is 2.29. The molecule has 2 rings (SSSR count). The van der Waals surface area contributed by atoms with Crippen LogP contribution in [0, 0.1) is 18.3 Å². The number of halogens is 4. The van der Waals surface area contributed by atoms with Gasteiger partial charge in [0.2, 0.25) is 5.78 Å². The van der Waals surface area contributed by atoms with E-state index in [0.29, 0.717) is 0 Å². The van der Waals surface area contributed by atoms with Gasteiger partial charge in [0.05, 0.1) is 0 Å². The lowest BCUT2D eigenvalue weighted by molar-refractivity contribution is -0.0543. The van der Waals surface area contributed by atoms with Gasteiger partial charge in [0.1, 0.15) is 23.1 Å². The summed E-state index contributed by atoms with van der Waals surface area (Å²) in [6.45, 7) is -4.62. The lowest BCUT2D eigenvalue weighted by Gasteiger charge is -2.11. The van der Waals surface area contributed by atoms with Gasteiger partial charge in [-0.2, -0.15) is 22.8 Å². The highest BCUT2D eigenvalue weighted by atomic mass is 19.3. The maximum absolute atomic E-state index is 12.6. The molecule has 0 N–H and O–H groups in total. The number of alkyl halides is 4. The van der Waals surface area contributed by atoms with Crippen LogP contribution in [0.4, 0.5) is 17.6 Å². The van der Waals surface area contributed by atoms with E-state index in [4.69, 9.17) is 0 Å². The molecule has 0 fully saturated rings. The second-order valence-electron chi connectivity index (χ2n) is 5.33. The number of hydrogen-bond acceptors (Lipinski definition) is 4. The summed E-state index contributed by atoms with van der Waals surface area (Å²) in [6.07, 6.45) is 1.05. The molecule has 0 aromatic heterocycles. The van der Waals surface area contributed by atoms with Crippen LogP contribution in [-0.2, 0) is 0 Å². The zero-order valence-electron chi connectivity index (χ0n) is 14.0. The van der Waals surface area contributed by atoms with Crippen LogP contribution >= 0.6 is 0 Å². The zero-order chi connectivity index (χ0) is 20.0. The van der Waals surface area contributed by atoms with Gasteiger partial charge in [0.15, 0.2) is 0 Å². The van der Waals surface area contributed by atoms with Crippen molar-refractivity contribution in [3.8, 4) is 17.6 Å². The van der Waals surface area contributed by atoms with Gasteiger partial charge in [-0.25, -0.2) is 0 Å². The molecule has 4 nitrogen and oxygen atoms in total. The number of carbonyl (C=O) groups is 1. The van der Waals surface area contributed by atoms with Crippen molar-refractivity contribution in [2.24, 2.45) is 0 Å². The molecular weight excluding hydrogens is 366 g/mol.